The van der Waals surface area contributed by atoms with Crippen molar-refractivity contribution < 1.29 is 4.74 Å². The molecule has 0 saturated carbocycles. The molecule has 1 N–H and O–H groups in total. The molecular weight excluding hydrogens is 116 g/mol. The number of hydrogen-bond acceptors (Lipinski definition) is 3. The fourth-order valence-corrected chi connectivity index (χ4v) is 0.390. The van der Waals surface area contributed by atoms with Crippen LogP contribution < -0.4 is 5.43 Å². The molecule has 0 aliphatic rings. The molecular formula is C6H14N2O. The van der Waals surface area contributed by atoms with E-state index in [-0.39, 0.29) is 0 Å². The third-order valence-corrected chi connectivity index (χ3v) is 1.05. The second-order valence-electron chi connectivity index (χ2n) is 1.78. The number of rotatable bonds is 3. The molecule has 0 atom stereocenters. The lowest BCUT2D eigenvalue weighted by Crippen LogP contribution is -2.25. The minimum absolute atomic E-state index is 0.881. The lowest BCUT2D eigenvalue weighted by Gasteiger charge is -2.12. The van der Waals surface area contributed by atoms with E-state index in [1.165, 1.54) is 0 Å². The molecule has 54 valence electrons. The van der Waals surface area contributed by atoms with Crippen LogP contribution in [-0.4, -0.2) is 26.2 Å². The number of nitrogens with zero attached hydrogens (tertiary/aromatic N) is 1. The topological polar surface area (TPSA) is 24.5 Å². The smallest absolute Gasteiger partial charge is 0.110 e. The predicted molar refractivity (Wildman–Crippen MR) is 37.6 cm³/mol. The Morgan fingerprint density at radius 3 is 2.56 bits per heavy atom. The molecule has 0 unspecified atom stereocenters. The largest absolute Gasteiger partial charge is 0.500 e. The van der Waals surface area contributed by atoms with Crippen LogP contribution >= 0.6 is 0 Å². The van der Waals surface area contributed by atoms with Gasteiger partial charge >= 0.3 is 0 Å². The first-order valence-corrected chi connectivity index (χ1v) is 2.83. The van der Waals surface area contributed by atoms with Crippen molar-refractivity contribution in [3.8, 4) is 0 Å². The molecule has 0 aliphatic heterocycles. The van der Waals surface area contributed by atoms with Gasteiger partial charge in [-0.2, -0.15) is 0 Å². The van der Waals surface area contributed by atoms with Crippen LogP contribution in [0.15, 0.2) is 12.0 Å². The van der Waals surface area contributed by atoms with Gasteiger partial charge in [0, 0.05) is 14.1 Å². The average Bonchev–Trinajstić information content (AvgIpc) is 1.87. The highest BCUT2D eigenvalue weighted by atomic mass is 16.5. The summed E-state index contributed by atoms with van der Waals surface area (Å²) < 4.78 is 4.90. The van der Waals surface area contributed by atoms with Gasteiger partial charge in [0.05, 0.1) is 13.3 Å². The first-order valence-electron chi connectivity index (χ1n) is 2.83. The van der Waals surface area contributed by atoms with E-state index in [0.717, 1.165) is 5.76 Å². The lowest BCUT2D eigenvalue weighted by molar-refractivity contribution is 0.267. The zero-order valence-corrected chi connectivity index (χ0v) is 6.43. The summed E-state index contributed by atoms with van der Waals surface area (Å²) in [7, 11) is 5.40. The van der Waals surface area contributed by atoms with Crippen LogP contribution in [0.1, 0.15) is 6.92 Å². The summed E-state index contributed by atoms with van der Waals surface area (Å²) in [6.45, 7) is 1.90. The summed E-state index contributed by atoms with van der Waals surface area (Å²) in [6.07, 6.45) is 1.86. The Bertz CT molecular complexity index is 101. The number of methoxy groups -OCH3 is 1. The number of hydrazine groups is 1. The Kier molecular flexibility index (Phi) is 3.88. The molecule has 0 bridgehead atoms. The van der Waals surface area contributed by atoms with Crippen molar-refractivity contribution in [2.75, 3.05) is 21.2 Å². The first kappa shape index (κ1) is 8.30. The highest BCUT2D eigenvalue weighted by Crippen LogP contribution is 1.91. The van der Waals surface area contributed by atoms with Crippen LogP contribution in [0, 0.1) is 0 Å². The molecule has 0 aromatic rings. The van der Waals surface area contributed by atoms with Gasteiger partial charge in [-0.3, -0.25) is 0 Å². The Labute approximate surface area is 56.3 Å². The molecule has 3 nitrogen and oxygen atoms in total. The second kappa shape index (κ2) is 4.21. The molecule has 0 radical (unpaired) electrons. The average molecular weight is 130 g/mol. The van der Waals surface area contributed by atoms with E-state index in [4.69, 9.17) is 4.74 Å². The number of nitrogens with one attached hydrogen (secondary N) is 1. The molecule has 0 aromatic carbocycles. The normalized spacial score (nSPS) is 11.3. The van der Waals surface area contributed by atoms with Crippen molar-refractivity contribution in [2.45, 2.75) is 6.92 Å². The summed E-state index contributed by atoms with van der Waals surface area (Å²) in [5.74, 6) is 0.881. The molecule has 0 rings (SSSR count). The van der Waals surface area contributed by atoms with E-state index >= 15 is 0 Å². The van der Waals surface area contributed by atoms with Gasteiger partial charge < -0.3 is 9.75 Å². The van der Waals surface area contributed by atoms with E-state index in [9.17, 15) is 0 Å². The minimum atomic E-state index is 0.881. The van der Waals surface area contributed by atoms with E-state index < -0.39 is 0 Å². The van der Waals surface area contributed by atoms with Gasteiger partial charge in [0.2, 0.25) is 0 Å². The summed E-state index contributed by atoms with van der Waals surface area (Å²) >= 11 is 0. The van der Waals surface area contributed by atoms with Gasteiger partial charge in [0.1, 0.15) is 5.76 Å². The van der Waals surface area contributed by atoms with Crippen molar-refractivity contribution in [3.05, 3.63) is 12.0 Å². The molecule has 0 fully saturated rings. The molecule has 0 saturated heterocycles. The number of ether oxygens (including phenoxy) is 1. The van der Waals surface area contributed by atoms with Crippen LogP contribution in [-0.2, 0) is 4.74 Å². The van der Waals surface area contributed by atoms with Gasteiger partial charge in [-0.25, -0.2) is 5.43 Å². The summed E-state index contributed by atoms with van der Waals surface area (Å²) in [5, 5.41) is 1.82. The summed E-state index contributed by atoms with van der Waals surface area (Å²) in [5.41, 5.74) is 2.91. The highest BCUT2D eigenvalue weighted by Gasteiger charge is 1.86. The maximum Gasteiger partial charge on any atom is 0.110 e. The lowest BCUT2D eigenvalue weighted by atomic mass is 10.6. The van der Waals surface area contributed by atoms with E-state index in [0.29, 0.717) is 0 Å². The van der Waals surface area contributed by atoms with Gasteiger partial charge in [0.15, 0.2) is 0 Å². The molecule has 9 heavy (non-hydrogen) atoms. The van der Waals surface area contributed by atoms with Crippen LogP contribution in [0.3, 0.4) is 0 Å². The number of allylic oxidation sites excluding steroid dienone is 1. The molecule has 0 heterocycles. The molecule has 3 heteroatoms. The van der Waals surface area contributed by atoms with Gasteiger partial charge in [0.25, 0.3) is 0 Å². The van der Waals surface area contributed by atoms with Gasteiger partial charge in [-0.1, -0.05) is 0 Å². The molecule has 0 spiro atoms. The number of hydrogen-bond donors (Lipinski definition) is 1. The van der Waals surface area contributed by atoms with Gasteiger partial charge in [-0.05, 0) is 6.92 Å². The van der Waals surface area contributed by atoms with Crippen molar-refractivity contribution in [3.63, 3.8) is 0 Å². The molecule has 0 aliphatic carbocycles. The SMILES string of the molecule is CNN(C)/C=C(\C)OC. The summed E-state index contributed by atoms with van der Waals surface area (Å²) in [6, 6.07) is 0. The second-order valence-corrected chi connectivity index (χ2v) is 1.78. The third-order valence-electron chi connectivity index (χ3n) is 1.05. The van der Waals surface area contributed by atoms with Crippen LogP contribution in [0.25, 0.3) is 0 Å². The fraction of sp³-hybridized carbons (Fsp3) is 0.667. The van der Waals surface area contributed by atoms with Crippen LogP contribution in [0.5, 0.6) is 0 Å². The molecule has 0 aromatic heterocycles. The van der Waals surface area contributed by atoms with Crippen LogP contribution in [0.2, 0.25) is 0 Å². The standard InChI is InChI=1S/C6H14N2O/c1-6(9-4)5-8(3)7-2/h5,7H,1-4H3/b6-5+. The summed E-state index contributed by atoms with van der Waals surface area (Å²) in [4.78, 5) is 0. The first-order chi connectivity index (χ1) is 4.20. The van der Waals surface area contributed by atoms with Crippen molar-refractivity contribution in [2.24, 2.45) is 0 Å². The zero-order chi connectivity index (χ0) is 7.28. The maximum absolute atomic E-state index is 4.90. The quantitative estimate of drug-likeness (QED) is 0.446. The van der Waals surface area contributed by atoms with Crippen molar-refractivity contribution in [1.82, 2.24) is 10.4 Å². The third kappa shape index (κ3) is 3.85. The van der Waals surface area contributed by atoms with E-state index in [1.54, 1.807) is 7.11 Å². The Balaban J connectivity index is 3.64. The highest BCUT2D eigenvalue weighted by molar-refractivity contribution is 4.84. The fourth-order valence-electron chi connectivity index (χ4n) is 0.390. The van der Waals surface area contributed by atoms with E-state index in [1.807, 2.05) is 32.2 Å². The van der Waals surface area contributed by atoms with Crippen molar-refractivity contribution in [1.29, 1.82) is 0 Å². The Morgan fingerprint density at radius 2 is 2.22 bits per heavy atom. The Hall–Kier alpha value is -0.700. The maximum atomic E-state index is 4.90. The predicted octanol–water partition coefficient (Wildman–Crippen LogP) is 0.560. The van der Waals surface area contributed by atoms with Crippen LogP contribution in [0.4, 0.5) is 0 Å². The molecule has 0 amide bonds. The zero-order valence-electron chi connectivity index (χ0n) is 6.43. The van der Waals surface area contributed by atoms with Gasteiger partial charge in [-0.15, -0.1) is 0 Å². The Morgan fingerprint density at radius 1 is 1.67 bits per heavy atom. The van der Waals surface area contributed by atoms with Crippen molar-refractivity contribution >= 4 is 0 Å². The minimum Gasteiger partial charge on any atom is -0.500 e. The monoisotopic (exact) mass is 130 g/mol. The van der Waals surface area contributed by atoms with E-state index in [2.05, 4.69) is 5.43 Å².